The molecule has 0 spiro atoms. The molecular weight excluding hydrogens is 244 g/mol. The minimum atomic E-state index is -0.587. The highest BCUT2D eigenvalue weighted by Gasteiger charge is 2.15. The van der Waals surface area contributed by atoms with E-state index in [1.165, 1.54) is 0 Å². The van der Waals surface area contributed by atoms with Crippen molar-refractivity contribution in [3.63, 3.8) is 0 Å². The third-order valence-corrected chi connectivity index (χ3v) is 2.66. The quantitative estimate of drug-likeness (QED) is 0.787. The minimum absolute atomic E-state index is 0.234. The maximum Gasteiger partial charge on any atom is 0.241 e. The maximum absolute atomic E-state index is 11.9. The van der Waals surface area contributed by atoms with Crippen LogP contribution in [0.3, 0.4) is 0 Å². The van der Waals surface area contributed by atoms with E-state index in [2.05, 4.69) is 5.32 Å². The predicted molar refractivity (Wildman–Crippen MR) is 75.4 cm³/mol. The predicted octanol–water partition coefficient (Wildman–Crippen LogP) is 1.70. The Morgan fingerprint density at radius 2 is 2.21 bits per heavy atom. The van der Waals surface area contributed by atoms with Crippen molar-refractivity contribution in [2.24, 2.45) is 5.73 Å². The molecule has 0 heterocycles. The Morgan fingerprint density at radius 1 is 1.47 bits per heavy atom. The monoisotopic (exact) mass is 266 g/mol. The number of nitrogens with two attached hydrogens (primary N) is 1. The molecule has 0 bridgehead atoms. The van der Waals surface area contributed by atoms with Crippen molar-refractivity contribution in [3.05, 3.63) is 23.8 Å². The van der Waals surface area contributed by atoms with Gasteiger partial charge in [0.05, 0.1) is 18.3 Å². The van der Waals surface area contributed by atoms with Gasteiger partial charge < -0.3 is 20.5 Å². The highest BCUT2D eigenvalue weighted by Crippen LogP contribution is 2.25. The second-order valence-electron chi connectivity index (χ2n) is 4.31. The second kappa shape index (κ2) is 7.76. The summed E-state index contributed by atoms with van der Waals surface area (Å²) in [5.74, 6) is 0.427. The first-order valence-electron chi connectivity index (χ1n) is 6.37. The molecule has 0 saturated carbocycles. The number of nitrogens with one attached hydrogen (secondary N) is 1. The van der Waals surface area contributed by atoms with E-state index in [0.717, 1.165) is 5.56 Å². The third kappa shape index (κ3) is 4.89. The third-order valence-electron chi connectivity index (χ3n) is 2.66. The van der Waals surface area contributed by atoms with Gasteiger partial charge in [0.1, 0.15) is 5.75 Å². The summed E-state index contributed by atoms with van der Waals surface area (Å²) in [4.78, 5) is 11.9. The summed E-state index contributed by atoms with van der Waals surface area (Å²) in [6, 6.07) is 5.04. The molecule has 19 heavy (non-hydrogen) atoms. The number of benzene rings is 1. The van der Waals surface area contributed by atoms with Gasteiger partial charge in [-0.05, 0) is 38.0 Å². The highest BCUT2D eigenvalue weighted by atomic mass is 16.5. The lowest BCUT2D eigenvalue weighted by Crippen LogP contribution is -2.36. The van der Waals surface area contributed by atoms with Crippen LogP contribution in [0.4, 0.5) is 5.69 Å². The molecule has 1 amide bonds. The van der Waals surface area contributed by atoms with E-state index >= 15 is 0 Å². The Hall–Kier alpha value is -1.59. The first-order chi connectivity index (χ1) is 9.08. The standard InChI is InChI=1S/C14H22N2O3/c1-4-19-13-9-10(2)5-6-12(13)16-14(17)11(15)7-8-18-3/h5-6,9,11H,4,7-8,15H2,1-3H3,(H,16,17). The molecule has 5 heteroatoms. The topological polar surface area (TPSA) is 73.6 Å². The van der Waals surface area contributed by atoms with Crippen molar-refractivity contribution in [1.82, 2.24) is 0 Å². The Bertz CT molecular complexity index is 421. The first-order valence-corrected chi connectivity index (χ1v) is 6.37. The number of hydrogen-bond donors (Lipinski definition) is 2. The van der Waals surface area contributed by atoms with Gasteiger partial charge in [-0.2, -0.15) is 0 Å². The van der Waals surface area contributed by atoms with Gasteiger partial charge in [-0.1, -0.05) is 6.07 Å². The van der Waals surface area contributed by atoms with Crippen molar-refractivity contribution in [2.45, 2.75) is 26.3 Å². The molecule has 3 N–H and O–H groups in total. The lowest BCUT2D eigenvalue weighted by Gasteiger charge is -2.15. The summed E-state index contributed by atoms with van der Waals surface area (Å²) in [5, 5.41) is 2.79. The molecule has 0 aliphatic carbocycles. The fraction of sp³-hybridized carbons (Fsp3) is 0.500. The number of carbonyl (C=O) groups is 1. The van der Waals surface area contributed by atoms with Gasteiger partial charge in [0, 0.05) is 13.7 Å². The SMILES string of the molecule is CCOc1cc(C)ccc1NC(=O)C(N)CCOC. The Balaban J connectivity index is 2.72. The number of amides is 1. The summed E-state index contributed by atoms with van der Waals surface area (Å²) < 4.78 is 10.4. The molecular formula is C14H22N2O3. The van der Waals surface area contributed by atoms with Crippen LogP contribution in [-0.4, -0.2) is 32.3 Å². The Labute approximate surface area is 114 Å². The van der Waals surface area contributed by atoms with Crippen LogP contribution in [0.1, 0.15) is 18.9 Å². The van der Waals surface area contributed by atoms with Gasteiger partial charge in [0.15, 0.2) is 0 Å². The largest absolute Gasteiger partial charge is 0.492 e. The zero-order valence-corrected chi connectivity index (χ0v) is 11.7. The Morgan fingerprint density at radius 3 is 2.84 bits per heavy atom. The van der Waals surface area contributed by atoms with Gasteiger partial charge in [-0.15, -0.1) is 0 Å². The normalized spacial score (nSPS) is 12.0. The molecule has 1 aromatic rings. The number of rotatable bonds is 7. The average Bonchev–Trinajstić information content (AvgIpc) is 2.39. The van der Waals surface area contributed by atoms with Crippen LogP contribution in [0, 0.1) is 6.92 Å². The van der Waals surface area contributed by atoms with E-state index in [-0.39, 0.29) is 5.91 Å². The average molecular weight is 266 g/mol. The first kappa shape index (κ1) is 15.5. The molecule has 1 rings (SSSR count). The Kier molecular flexibility index (Phi) is 6.32. The summed E-state index contributed by atoms with van der Waals surface area (Å²) in [7, 11) is 1.58. The molecule has 0 aromatic heterocycles. The van der Waals surface area contributed by atoms with Gasteiger partial charge in [-0.3, -0.25) is 4.79 Å². The number of aryl methyl sites for hydroxylation is 1. The van der Waals surface area contributed by atoms with Crippen LogP contribution in [0.15, 0.2) is 18.2 Å². The summed E-state index contributed by atoms with van der Waals surface area (Å²) >= 11 is 0. The molecule has 0 fully saturated rings. The van der Waals surface area contributed by atoms with Crippen molar-refractivity contribution in [1.29, 1.82) is 0 Å². The van der Waals surface area contributed by atoms with Gasteiger partial charge in [0.2, 0.25) is 5.91 Å². The van der Waals surface area contributed by atoms with Gasteiger partial charge >= 0.3 is 0 Å². The fourth-order valence-corrected chi connectivity index (χ4v) is 1.61. The molecule has 1 unspecified atom stereocenters. The summed E-state index contributed by atoms with van der Waals surface area (Å²) in [5.41, 5.74) is 7.49. The van der Waals surface area contributed by atoms with E-state index in [4.69, 9.17) is 15.2 Å². The van der Waals surface area contributed by atoms with Gasteiger partial charge in [0.25, 0.3) is 0 Å². The number of ether oxygens (including phenoxy) is 2. The van der Waals surface area contributed by atoms with Crippen LogP contribution in [0.2, 0.25) is 0 Å². The molecule has 5 nitrogen and oxygen atoms in total. The van der Waals surface area contributed by atoms with Crippen molar-refractivity contribution in [2.75, 3.05) is 25.6 Å². The molecule has 106 valence electrons. The van der Waals surface area contributed by atoms with Crippen LogP contribution in [0.5, 0.6) is 5.75 Å². The maximum atomic E-state index is 11.9. The van der Waals surface area contributed by atoms with Crippen LogP contribution < -0.4 is 15.8 Å². The number of carbonyl (C=O) groups excluding carboxylic acids is 1. The smallest absolute Gasteiger partial charge is 0.241 e. The van der Waals surface area contributed by atoms with Crippen molar-refractivity contribution >= 4 is 11.6 Å². The second-order valence-corrected chi connectivity index (χ2v) is 4.31. The van der Waals surface area contributed by atoms with Crippen molar-refractivity contribution < 1.29 is 14.3 Å². The van der Waals surface area contributed by atoms with E-state index in [0.29, 0.717) is 31.1 Å². The molecule has 0 saturated heterocycles. The fourth-order valence-electron chi connectivity index (χ4n) is 1.61. The minimum Gasteiger partial charge on any atom is -0.492 e. The number of hydrogen-bond acceptors (Lipinski definition) is 4. The molecule has 0 aliphatic heterocycles. The zero-order valence-electron chi connectivity index (χ0n) is 11.7. The zero-order chi connectivity index (χ0) is 14.3. The lowest BCUT2D eigenvalue weighted by atomic mass is 10.2. The van der Waals surface area contributed by atoms with Gasteiger partial charge in [-0.25, -0.2) is 0 Å². The number of anilines is 1. The van der Waals surface area contributed by atoms with E-state index in [9.17, 15) is 4.79 Å². The van der Waals surface area contributed by atoms with Crippen LogP contribution in [0.25, 0.3) is 0 Å². The van der Waals surface area contributed by atoms with Crippen molar-refractivity contribution in [3.8, 4) is 5.75 Å². The van der Waals surface area contributed by atoms with E-state index < -0.39 is 6.04 Å². The number of methoxy groups -OCH3 is 1. The molecule has 0 aliphatic rings. The molecule has 1 atom stereocenters. The lowest BCUT2D eigenvalue weighted by molar-refractivity contribution is -0.117. The van der Waals surface area contributed by atoms with E-state index in [1.54, 1.807) is 7.11 Å². The molecule has 0 radical (unpaired) electrons. The summed E-state index contributed by atoms with van der Waals surface area (Å²) in [6.07, 6.45) is 0.484. The molecule has 1 aromatic carbocycles. The highest BCUT2D eigenvalue weighted by molar-refractivity contribution is 5.95. The van der Waals surface area contributed by atoms with E-state index in [1.807, 2.05) is 32.0 Å². The van der Waals surface area contributed by atoms with Crippen LogP contribution in [-0.2, 0) is 9.53 Å². The van der Waals surface area contributed by atoms with Crippen LogP contribution >= 0.6 is 0 Å². The summed E-state index contributed by atoms with van der Waals surface area (Å²) in [6.45, 7) is 4.87.